The zero-order valence-corrected chi connectivity index (χ0v) is 17.7. The molecule has 1 atom stereocenters. The minimum Gasteiger partial charge on any atom is -0.379 e. The molecule has 1 heterocycles. The Kier molecular flexibility index (Phi) is 8.83. The Hall–Kier alpha value is -1.34. The molecule has 0 spiro atoms. The van der Waals surface area contributed by atoms with Crippen molar-refractivity contribution in [3.63, 3.8) is 0 Å². The molecule has 0 amide bonds. The van der Waals surface area contributed by atoms with Crippen LogP contribution < -0.4 is 10.6 Å². The molecule has 7 heteroatoms. The first kappa shape index (κ1) is 22.0. The SMILES string of the molecule is CCNC(=NCC(C)(C)OC)NCC(c1ccccc1Cl)N1CCOCC1. The lowest BCUT2D eigenvalue weighted by molar-refractivity contribution is 0.0169. The Labute approximate surface area is 168 Å². The normalized spacial score (nSPS) is 17.6. The summed E-state index contributed by atoms with van der Waals surface area (Å²) in [6, 6.07) is 8.21. The predicted octanol–water partition coefficient (Wildman–Crippen LogP) is 2.69. The van der Waals surface area contributed by atoms with Gasteiger partial charge in [-0.2, -0.15) is 0 Å². The maximum atomic E-state index is 6.51. The van der Waals surface area contributed by atoms with Crippen LogP contribution in [0.15, 0.2) is 29.3 Å². The van der Waals surface area contributed by atoms with E-state index >= 15 is 0 Å². The number of morpholine rings is 1. The lowest BCUT2D eigenvalue weighted by Gasteiger charge is -2.35. The fourth-order valence-corrected chi connectivity index (χ4v) is 3.20. The number of benzene rings is 1. The van der Waals surface area contributed by atoms with Crippen molar-refractivity contribution >= 4 is 17.6 Å². The number of rotatable bonds is 8. The highest BCUT2D eigenvalue weighted by atomic mass is 35.5. The van der Waals surface area contributed by atoms with Gasteiger partial charge >= 0.3 is 0 Å². The van der Waals surface area contributed by atoms with E-state index in [1.54, 1.807) is 7.11 Å². The minimum absolute atomic E-state index is 0.155. The maximum absolute atomic E-state index is 6.51. The Morgan fingerprint density at radius 3 is 2.63 bits per heavy atom. The Morgan fingerprint density at radius 1 is 1.30 bits per heavy atom. The van der Waals surface area contributed by atoms with E-state index in [0.29, 0.717) is 13.1 Å². The van der Waals surface area contributed by atoms with Crippen molar-refractivity contribution in [2.24, 2.45) is 4.99 Å². The van der Waals surface area contributed by atoms with Crippen LogP contribution in [-0.2, 0) is 9.47 Å². The molecule has 1 saturated heterocycles. The monoisotopic (exact) mass is 396 g/mol. The average molecular weight is 397 g/mol. The number of nitrogens with zero attached hydrogens (tertiary/aromatic N) is 2. The van der Waals surface area contributed by atoms with Gasteiger partial charge < -0.3 is 20.1 Å². The summed E-state index contributed by atoms with van der Waals surface area (Å²) >= 11 is 6.51. The molecular weight excluding hydrogens is 364 g/mol. The first-order valence-electron chi connectivity index (χ1n) is 9.60. The largest absolute Gasteiger partial charge is 0.379 e. The number of methoxy groups -OCH3 is 1. The highest BCUT2D eigenvalue weighted by Crippen LogP contribution is 2.27. The van der Waals surface area contributed by atoms with Crippen molar-refractivity contribution in [3.05, 3.63) is 34.9 Å². The summed E-state index contributed by atoms with van der Waals surface area (Å²) in [5.41, 5.74) is 0.830. The molecule has 1 aromatic carbocycles. The van der Waals surface area contributed by atoms with Gasteiger partial charge in [0.25, 0.3) is 0 Å². The van der Waals surface area contributed by atoms with E-state index in [1.165, 1.54) is 0 Å². The number of ether oxygens (including phenoxy) is 2. The molecule has 1 unspecified atom stereocenters. The van der Waals surface area contributed by atoms with Crippen molar-refractivity contribution < 1.29 is 9.47 Å². The fourth-order valence-electron chi connectivity index (χ4n) is 2.94. The van der Waals surface area contributed by atoms with Crippen LogP contribution in [0.25, 0.3) is 0 Å². The second-order valence-corrected chi connectivity index (χ2v) is 7.63. The average Bonchev–Trinajstić information content (AvgIpc) is 2.68. The topological polar surface area (TPSA) is 58.1 Å². The van der Waals surface area contributed by atoms with Gasteiger partial charge in [0.2, 0.25) is 0 Å². The second-order valence-electron chi connectivity index (χ2n) is 7.23. The van der Waals surface area contributed by atoms with Crippen molar-refractivity contribution in [2.75, 3.05) is 53.0 Å². The van der Waals surface area contributed by atoms with Gasteiger partial charge in [-0.3, -0.25) is 9.89 Å². The van der Waals surface area contributed by atoms with E-state index in [0.717, 1.165) is 49.4 Å². The van der Waals surface area contributed by atoms with Crippen molar-refractivity contribution in [3.8, 4) is 0 Å². The smallest absolute Gasteiger partial charge is 0.191 e. The second kappa shape index (κ2) is 10.9. The quantitative estimate of drug-likeness (QED) is 0.522. The van der Waals surface area contributed by atoms with Crippen LogP contribution in [0.5, 0.6) is 0 Å². The van der Waals surface area contributed by atoms with Crippen molar-refractivity contribution in [1.29, 1.82) is 0 Å². The summed E-state index contributed by atoms with van der Waals surface area (Å²) in [4.78, 5) is 7.10. The van der Waals surface area contributed by atoms with Gasteiger partial charge in [-0.15, -0.1) is 0 Å². The van der Waals surface area contributed by atoms with E-state index in [2.05, 4.69) is 33.5 Å². The lowest BCUT2D eigenvalue weighted by atomic mass is 10.0. The van der Waals surface area contributed by atoms with E-state index in [4.69, 9.17) is 21.1 Å². The fraction of sp³-hybridized carbons (Fsp3) is 0.650. The van der Waals surface area contributed by atoms with Gasteiger partial charge in [-0.25, -0.2) is 0 Å². The highest BCUT2D eigenvalue weighted by molar-refractivity contribution is 6.31. The van der Waals surface area contributed by atoms with Gasteiger partial charge in [0.15, 0.2) is 5.96 Å². The first-order chi connectivity index (χ1) is 13.0. The summed E-state index contributed by atoms with van der Waals surface area (Å²) in [7, 11) is 1.71. The highest BCUT2D eigenvalue weighted by Gasteiger charge is 2.24. The number of hydrogen-bond acceptors (Lipinski definition) is 4. The third-order valence-electron chi connectivity index (χ3n) is 4.73. The molecular formula is C20H33ClN4O2. The van der Waals surface area contributed by atoms with Crippen LogP contribution in [-0.4, -0.2) is 69.5 Å². The zero-order valence-electron chi connectivity index (χ0n) is 16.9. The van der Waals surface area contributed by atoms with Crippen LogP contribution in [0.1, 0.15) is 32.4 Å². The number of hydrogen-bond donors (Lipinski definition) is 2. The first-order valence-corrected chi connectivity index (χ1v) is 9.98. The molecule has 152 valence electrons. The Morgan fingerprint density at radius 2 is 2.00 bits per heavy atom. The van der Waals surface area contributed by atoms with Gasteiger partial charge in [0.05, 0.1) is 31.4 Å². The molecule has 6 nitrogen and oxygen atoms in total. The van der Waals surface area contributed by atoms with Crippen LogP contribution in [0.3, 0.4) is 0 Å². The van der Waals surface area contributed by atoms with Crippen LogP contribution >= 0.6 is 11.6 Å². The van der Waals surface area contributed by atoms with Gasteiger partial charge in [-0.05, 0) is 32.4 Å². The van der Waals surface area contributed by atoms with Crippen LogP contribution in [0.2, 0.25) is 5.02 Å². The molecule has 0 aliphatic carbocycles. The molecule has 1 fully saturated rings. The van der Waals surface area contributed by atoms with Crippen LogP contribution in [0.4, 0.5) is 0 Å². The predicted molar refractivity (Wildman–Crippen MR) is 112 cm³/mol. The Balaban J connectivity index is 2.13. The van der Waals surface area contributed by atoms with Gasteiger partial charge in [0, 0.05) is 38.3 Å². The number of aliphatic imine (C=N–C) groups is 1. The summed E-state index contributed by atoms with van der Waals surface area (Å²) in [6.07, 6.45) is 0. The van der Waals surface area contributed by atoms with E-state index in [9.17, 15) is 0 Å². The Bertz CT molecular complexity index is 603. The third-order valence-corrected chi connectivity index (χ3v) is 5.07. The molecule has 2 rings (SSSR count). The molecule has 0 radical (unpaired) electrons. The molecule has 0 aromatic heterocycles. The minimum atomic E-state index is -0.297. The van der Waals surface area contributed by atoms with Gasteiger partial charge in [-0.1, -0.05) is 29.8 Å². The lowest BCUT2D eigenvalue weighted by Crippen LogP contribution is -2.46. The molecule has 1 aromatic rings. The van der Waals surface area contributed by atoms with E-state index in [-0.39, 0.29) is 11.6 Å². The third kappa shape index (κ3) is 6.96. The number of nitrogens with one attached hydrogen (secondary N) is 2. The van der Waals surface area contributed by atoms with E-state index < -0.39 is 0 Å². The molecule has 27 heavy (non-hydrogen) atoms. The standard InChI is InChI=1S/C20H33ClN4O2/c1-5-22-19(24-15-20(2,3)26-4)23-14-18(25-10-12-27-13-11-25)16-8-6-7-9-17(16)21/h6-9,18H,5,10-15H2,1-4H3,(H2,22,23,24). The molecule has 0 saturated carbocycles. The molecule has 1 aliphatic heterocycles. The van der Waals surface area contributed by atoms with Crippen molar-refractivity contribution in [1.82, 2.24) is 15.5 Å². The number of guanidine groups is 1. The summed E-state index contributed by atoms with van der Waals surface area (Å²) in [6.45, 7) is 11.5. The summed E-state index contributed by atoms with van der Waals surface area (Å²) < 4.78 is 11.0. The summed E-state index contributed by atoms with van der Waals surface area (Å²) in [5.74, 6) is 0.785. The number of halogens is 1. The zero-order chi connectivity index (χ0) is 19.7. The maximum Gasteiger partial charge on any atom is 0.191 e. The molecule has 0 bridgehead atoms. The van der Waals surface area contributed by atoms with Crippen LogP contribution in [0, 0.1) is 0 Å². The van der Waals surface area contributed by atoms with Gasteiger partial charge in [0.1, 0.15) is 0 Å². The molecule has 2 N–H and O–H groups in total. The summed E-state index contributed by atoms with van der Waals surface area (Å²) in [5, 5.41) is 7.58. The van der Waals surface area contributed by atoms with E-state index in [1.807, 2.05) is 32.0 Å². The molecule has 1 aliphatic rings. The van der Waals surface area contributed by atoms with Crippen molar-refractivity contribution in [2.45, 2.75) is 32.4 Å².